The van der Waals surface area contributed by atoms with Crippen LogP contribution in [-0.4, -0.2) is 15.4 Å². The highest BCUT2D eigenvalue weighted by Crippen LogP contribution is 2.35. The van der Waals surface area contributed by atoms with Gasteiger partial charge in [0.1, 0.15) is 11.4 Å². The molecule has 0 saturated heterocycles. The van der Waals surface area contributed by atoms with Crippen molar-refractivity contribution in [3.05, 3.63) is 58.6 Å². The number of hydrogen-bond acceptors (Lipinski definition) is 2. The topological polar surface area (TPSA) is 41.6 Å². The minimum atomic E-state index is 0.629. The summed E-state index contributed by atoms with van der Waals surface area (Å²) in [4.78, 5) is 0. The first kappa shape index (κ1) is 12.2. The molecule has 0 aliphatic carbocycles. The number of rotatable bonds is 2. The van der Waals surface area contributed by atoms with Crippen LogP contribution in [-0.2, 0) is 0 Å². The first-order chi connectivity index (χ1) is 9.27. The van der Waals surface area contributed by atoms with E-state index in [1.807, 2.05) is 48.5 Å². The molecule has 0 bridgehead atoms. The fraction of sp³-hybridized carbons (Fsp3) is 0. The lowest BCUT2D eigenvalue weighted by molar-refractivity contribution is 0.944. The minimum absolute atomic E-state index is 0.629. The van der Waals surface area contributed by atoms with Crippen LogP contribution < -0.4 is 0 Å². The van der Waals surface area contributed by atoms with Crippen molar-refractivity contribution >= 4 is 23.2 Å². The number of aromatic nitrogens is 3. The van der Waals surface area contributed by atoms with Gasteiger partial charge in [-0.3, -0.25) is 0 Å². The number of hydrogen-bond donors (Lipinski definition) is 1. The van der Waals surface area contributed by atoms with E-state index < -0.39 is 0 Å². The molecule has 2 aromatic carbocycles. The SMILES string of the molecule is Clc1ccccc1-c1n[nH]nc1-c1ccccc1Cl. The molecule has 3 aromatic rings. The molecule has 3 nitrogen and oxygen atoms in total. The summed E-state index contributed by atoms with van der Waals surface area (Å²) in [6, 6.07) is 15.0. The number of aromatic amines is 1. The first-order valence-electron chi connectivity index (χ1n) is 5.68. The smallest absolute Gasteiger partial charge is 0.122 e. The average molecular weight is 290 g/mol. The van der Waals surface area contributed by atoms with Gasteiger partial charge in [-0.25, -0.2) is 0 Å². The molecule has 0 aliphatic heterocycles. The summed E-state index contributed by atoms with van der Waals surface area (Å²) >= 11 is 12.4. The van der Waals surface area contributed by atoms with Crippen LogP contribution in [0, 0.1) is 0 Å². The third-order valence-electron chi connectivity index (χ3n) is 2.81. The summed E-state index contributed by atoms with van der Waals surface area (Å²) in [7, 11) is 0. The Labute approximate surface area is 120 Å². The number of halogens is 2. The van der Waals surface area contributed by atoms with E-state index in [0.717, 1.165) is 11.1 Å². The molecular formula is C14H9Cl2N3. The van der Waals surface area contributed by atoms with Crippen molar-refractivity contribution < 1.29 is 0 Å². The molecule has 0 unspecified atom stereocenters. The molecule has 1 heterocycles. The second kappa shape index (κ2) is 5.03. The Hall–Kier alpha value is -1.84. The van der Waals surface area contributed by atoms with E-state index in [2.05, 4.69) is 15.4 Å². The van der Waals surface area contributed by atoms with Crippen molar-refractivity contribution in [1.82, 2.24) is 15.4 Å². The van der Waals surface area contributed by atoms with Gasteiger partial charge in [0.25, 0.3) is 0 Å². The molecule has 1 N–H and O–H groups in total. The number of nitrogens with one attached hydrogen (secondary N) is 1. The summed E-state index contributed by atoms with van der Waals surface area (Å²) in [5, 5.41) is 12.3. The highest BCUT2D eigenvalue weighted by atomic mass is 35.5. The zero-order valence-electron chi connectivity index (χ0n) is 9.77. The van der Waals surface area contributed by atoms with E-state index in [1.54, 1.807) is 0 Å². The molecular weight excluding hydrogens is 281 g/mol. The van der Waals surface area contributed by atoms with Crippen LogP contribution in [0.2, 0.25) is 10.0 Å². The zero-order chi connectivity index (χ0) is 13.2. The van der Waals surface area contributed by atoms with Gasteiger partial charge in [-0.15, -0.1) is 0 Å². The molecule has 5 heteroatoms. The van der Waals surface area contributed by atoms with Crippen LogP contribution in [0.4, 0.5) is 0 Å². The molecule has 0 radical (unpaired) electrons. The fourth-order valence-electron chi connectivity index (χ4n) is 1.91. The largest absolute Gasteiger partial charge is 0.197 e. The zero-order valence-corrected chi connectivity index (χ0v) is 11.3. The molecule has 0 saturated carbocycles. The summed E-state index contributed by atoms with van der Waals surface area (Å²) in [6.07, 6.45) is 0. The number of H-pyrrole nitrogens is 1. The maximum Gasteiger partial charge on any atom is 0.122 e. The maximum atomic E-state index is 6.20. The molecule has 3 rings (SSSR count). The molecule has 19 heavy (non-hydrogen) atoms. The summed E-state index contributed by atoms with van der Waals surface area (Å²) < 4.78 is 0. The van der Waals surface area contributed by atoms with E-state index in [4.69, 9.17) is 23.2 Å². The monoisotopic (exact) mass is 289 g/mol. The van der Waals surface area contributed by atoms with Gasteiger partial charge in [-0.05, 0) is 12.1 Å². The third-order valence-corrected chi connectivity index (χ3v) is 3.47. The number of nitrogens with zero attached hydrogens (tertiary/aromatic N) is 2. The third kappa shape index (κ3) is 2.23. The highest BCUT2D eigenvalue weighted by Gasteiger charge is 2.16. The van der Waals surface area contributed by atoms with Crippen LogP contribution in [0.3, 0.4) is 0 Å². The van der Waals surface area contributed by atoms with Crippen LogP contribution in [0.5, 0.6) is 0 Å². The summed E-state index contributed by atoms with van der Waals surface area (Å²) in [5.74, 6) is 0. The molecule has 0 fully saturated rings. The Morgan fingerprint density at radius 1 is 0.684 bits per heavy atom. The molecule has 1 aromatic heterocycles. The Bertz CT molecular complexity index is 662. The Kier molecular flexibility index (Phi) is 3.23. The molecule has 0 spiro atoms. The van der Waals surface area contributed by atoms with Gasteiger partial charge in [0.15, 0.2) is 0 Å². The van der Waals surface area contributed by atoms with E-state index in [-0.39, 0.29) is 0 Å². The highest BCUT2D eigenvalue weighted by molar-refractivity contribution is 6.34. The van der Waals surface area contributed by atoms with Gasteiger partial charge in [0.05, 0.1) is 10.0 Å². The van der Waals surface area contributed by atoms with Gasteiger partial charge in [0.2, 0.25) is 0 Å². The van der Waals surface area contributed by atoms with Crippen LogP contribution >= 0.6 is 23.2 Å². The minimum Gasteiger partial charge on any atom is -0.197 e. The Morgan fingerprint density at radius 3 is 1.53 bits per heavy atom. The van der Waals surface area contributed by atoms with E-state index in [9.17, 15) is 0 Å². The fourth-order valence-corrected chi connectivity index (χ4v) is 2.36. The maximum absolute atomic E-state index is 6.20. The molecule has 0 atom stereocenters. The lowest BCUT2D eigenvalue weighted by Gasteiger charge is -2.04. The normalized spacial score (nSPS) is 10.6. The van der Waals surface area contributed by atoms with Crippen LogP contribution in [0.15, 0.2) is 48.5 Å². The average Bonchev–Trinajstić information content (AvgIpc) is 2.89. The predicted octanol–water partition coefficient (Wildman–Crippen LogP) is 4.45. The molecule has 94 valence electrons. The predicted molar refractivity (Wildman–Crippen MR) is 77.3 cm³/mol. The van der Waals surface area contributed by atoms with Crippen LogP contribution in [0.25, 0.3) is 22.5 Å². The van der Waals surface area contributed by atoms with Gasteiger partial charge in [-0.1, -0.05) is 59.6 Å². The van der Waals surface area contributed by atoms with E-state index >= 15 is 0 Å². The lowest BCUT2D eigenvalue weighted by atomic mass is 10.1. The van der Waals surface area contributed by atoms with E-state index in [0.29, 0.717) is 21.4 Å². The van der Waals surface area contributed by atoms with Gasteiger partial charge >= 0.3 is 0 Å². The van der Waals surface area contributed by atoms with Gasteiger partial charge < -0.3 is 0 Å². The summed E-state index contributed by atoms with van der Waals surface area (Å²) in [6.45, 7) is 0. The van der Waals surface area contributed by atoms with Crippen LogP contribution in [0.1, 0.15) is 0 Å². The molecule has 0 amide bonds. The van der Waals surface area contributed by atoms with Crippen molar-refractivity contribution in [2.75, 3.05) is 0 Å². The van der Waals surface area contributed by atoms with Gasteiger partial charge in [0, 0.05) is 11.1 Å². The van der Waals surface area contributed by atoms with Gasteiger partial charge in [-0.2, -0.15) is 15.4 Å². The standard InChI is InChI=1S/C14H9Cl2N3/c15-11-7-3-1-5-9(11)13-14(18-19-17-13)10-6-2-4-8-12(10)16/h1-8H,(H,17,18,19). The van der Waals surface area contributed by atoms with Crippen molar-refractivity contribution in [1.29, 1.82) is 0 Å². The quantitative estimate of drug-likeness (QED) is 0.757. The summed E-state index contributed by atoms with van der Waals surface area (Å²) in [5.41, 5.74) is 3.04. The van der Waals surface area contributed by atoms with Crippen molar-refractivity contribution in [2.24, 2.45) is 0 Å². The Morgan fingerprint density at radius 2 is 1.11 bits per heavy atom. The number of benzene rings is 2. The Balaban J connectivity index is 2.20. The van der Waals surface area contributed by atoms with E-state index in [1.165, 1.54) is 0 Å². The van der Waals surface area contributed by atoms with Crippen molar-refractivity contribution in [2.45, 2.75) is 0 Å². The second-order valence-corrected chi connectivity index (χ2v) is 4.79. The van der Waals surface area contributed by atoms with Crippen molar-refractivity contribution in [3.63, 3.8) is 0 Å². The lowest BCUT2D eigenvalue weighted by Crippen LogP contribution is -1.85. The van der Waals surface area contributed by atoms with Crippen molar-refractivity contribution in [3.8, 4) is 22.5 Å². The molecule has 0 aliphatic rings. The first-order valence-corrected chi connectivity index (χ1v) is 6.43. The second-order valence-electron chi connectivity index (χ2n) is 3.98.